The van der Waals surface area contributed by atoms with Crippen molar-refractivity contribution < 1.29 is 39.7 Å². The SMILES string of the molecule is COc1cc(CN(Cc2ccccc2)C[C@H]2O[C@H](O[C@H]3[C@H](O)[C@@H](O)[C@H](N)C[C@@H]3N)[C@H](N)[C@@H](O)[C@@H]2O)ccc1O. The summed E-state index contributed by atoms with van der Waals surface area (Å²) in [6.07, 6.45) is -8.29. The molecule has 0 bridgehead atoms. The molecule has 10 atom stereocenters. The molecule has 12 nitrogen and oxygen atoms in total. The molecule has 11 N–H and O–H groups in total. The lowest BCUT2D eigenvalue weighted by Gasteiger charge is -2.46. The zero-order valence-corrected chi connectivity index (χ0v) is 21.9. The van der Waals surface area contributed by atoms with Crippen LogP contribution < -0.4 is 21.9 Å². The van der Waals surface area contributed by atoms with Crippen molar-refractivity contribution >= 4 is 0 Å². The van der Waals surface area contributed by atoms with Gasteiger partial charge in [-0.05, 0) is 29.7 Å². The zero-order chi connectivity index (χ0) is 28.3. The van der Waals surface area contributed by atoms with E-state index in [1.807, 2.05) is 35.2 Å². The summed E-state index contributed by atoms with van der Waals surface area (Å²) in [6.45, 7) is 1.07. The van der Waals surface area contributed by atoms with E-state index < -0.39 is 61.0 Å². The molecule has 1 aliphatic carbocycles. The Hall–Kier alpha value is -2.36. The highest BCUT2D eigenvalue weighted by molar-refractivity contribution is 5.41. The molecule has 0 aromatic heterocycles. The van der Waals surface area contributed by atoms with E-state index in [2.05, 4.69) is 0 Å². The maximum absolute atomic E-state index is 10.9. The van der Waals surface area contributed by atoms with Crippen molar-refractivity contribution in [1.29, 1.82) is 0 Å². The third-order valence-electron chi connectivity index (χ3n) is 7.47. The molecule has 0 spiro atoms. The van der Waals surface area contributed by atoms with Crippen LogP contribution in [0, 0.1) is 0 Å². The first-order valence-corrected chi connectivity index (χ1v) is 13.0. The summed E-state index contributed by atoms with van der Waals surface area (Å²) in [7, 11) is 1.47. The van der Waals surface area contributed by atoms with E-state index in [-0.39, 0.29) is 18.7 Å². The van der Waals surface area contributed by atoms with E-state index in [1.54, 1.807) is 18.2 Å². The Balaban J connectivity index is 1.53. The maximum Gasteiger partial charge on any atom is 0.176 e. The van der Waals surface area contributed by atoms with Gasteiger partial charge in [0, 0.05) is 31.7 Å². The monoisotopic (exact) mass is 548 g/mol. The summed E-state index contributed by atoms with van der Waals surface area (Å²) < 4.78 is 17.2. The second-order valence-corrected chi connectivity index (χ2v) is 10.4. The van der Waals surface area contributed by atoms with Crippen LogP contribution in [0.5, 0.6) is 11.5 Å². The predicted molar refractivity (Wildman–Crippen MR) is 141 cm³/mol. The van der Waals surface area contributed by atoms with E-state index in [9.17, 15) is 25.5 Å². The quantitative estimate of drug-likeness (QED) is 0.177. The van der Waals surface area contributed by atoms with Gasteiger partial charge in [0.15, 0.2) is 17.8 Å². The summed E-state index contributed by atoms with van der Waals surface area (Å²) in [4.78, 5) is 2.01. The number of ether oxygens (including phenoxy) is 3. The zero-order valence-electron chi connectivity index (χ0n) is 21.9. The van der Waals surface area contributed by atoms with E-state index in [4.69, 9.17) is 31.4 Å². The molecule has 2 aliphatic rings. The minimum atomic E-state index is -1.38. The highest BCUT2D eigenvalue weighted by Gasteiger charge is 2.48. The lowest BCUT2D eigenvalue weighted by Crippen LogP contribution is -2.67. The smallest absolute Gasteiger partial charge is 0.176 e. The van der Waals surface area contributed by atoms with Crippen LogP contribution in [0.3, 0.4) is 0 Å². The molecule has 1 aliphatic heterocycles. The van der Waals surface area contributed by atoms with Gasteiger partial charge in [-0.2, -0.15) is 0 Å². The second kappa shape index (κ2) is 12.9. The fourth-order valence-electron chi connectivity index (χ4n) is 5.21. The Bertz CT molecular complexity index is 1070. The molecule has 216 valence electrons. The number of rotatable bonds is 9. The summed E-state index contributed by atoms with van der Waals surface area (Å²) in [5, 5.41) is 52.4. The number of phenolic OH excluding ortho intramolecular Hbond substituents is 1. The van der Waals surface area contributed by atoms with Crippen LogP contribution >= 0.6 is 0 Å². The van der Waals surface area contributed by atoms with Gasteiger partial charge >= 0.3 is 0 Å². The van der Waals surface area contributed by atoms with E-state index >= 15 is 0 Å². The number of hydrogen-bond donors (Lipinski definition) is 8. The van der Waals surface area contributed by atoms with Crippen molar-refractivity contribution in [1.82, 2.24) is 4.90 Å². The predicted octanol–water partition coefficient (Wildman–Crippen LogP) is -1.66. The topological polar surface area (TPSA) is 210 Å². The van der Waals surface area contributed by atoms with Crippen molar-refractivity contribution in [3.63, 3.8) is 0 Å². The number of phenols is 1. The van der Waals surface area contributed by atoms with Gasteiger partial charge in [-0.1, -0.05) is 36.4 Å². The summed E-state index contributed by atoms with van der Waals surface area (Å²) >= 11 is 0. The highest BCUT2D eigenvalue weighted by Crippen LogP contribution is 2.30. The van der Waals surface area contributed by atoms with E-state index in [0.29, 0.717) is 18.8 Å². The van der Waals surface area contributed by atoms with Gasteiger partial charge in [0.05, 0.1) is 19.3 Å². The number of nitrogens with zero attached hydrogens (tertiary/aromatic N) is 1. The Morgan fingerprint density at radius 2 is 1.56 bits per heavy atom. The molecule has 12 heteroatoms. The minimum absolute atomic E-state index is 0.0215. The van der Waals surface area contributed by atoms with Crippen LogP contribution in [0.1, 0.15) is 17.5 Å². The van der Waals surface area contributed by atoms with E-state index in [1.165, 1.54) is 7.11 Å². The van der Waals surface area contributed by atoms with Crippen molar-refractivity contribution in [2.24, 2.45) is 17.2 Å². The number of aliphatic hydroxyl groups excluding tert-OH is 4. The molecule has 1 heterocycles. The number of aliphatic hydroxyl groups is 4. The lowest BCUT2D eigenvalue weighted by atomic mass is 9.84. The first kappa shape index (κ1) is 29.6. The van der Waals surface area contributed by atoms with Crippen molar-refractivity contribution in [3.8, 4) is 11.5 Å². The van der Waals surface area contributed by atoms with Crippen LogP contribution in [-0.4, -0.2) is 105 Å². The number of aromatic hydroxyl groups is 1. The maximum atomic E-state index is 10.9. The number of nitrogens with two attached hydrogens (primary N) is 3. The summed E-state index contributed by atoms with van der Waals surface area (Å²) in [5.74, 6) is 0.355. The Morgan fingerprint density at radius 1 is 0.872 bits per heavy atom. The van der Waals surface area contributed by atoms with Gasteiger partial charge in [0.25, 0.3) is 0 Å². The third kappa shape index (κ3) is 6.87. The van der Waals surface area contributed by atoms with E-state index in [0.717, 1.165) is 11.1 Å². The highest BCUT2D eigenvalue weighted by atomic mass is 16.7. The average molecular weight is 549 g/mol. The summed E-state index contributed by atoms with van der Waals surface area (Å²) in [5.41, 5.74) is 20.0. The fraction of sp³-hybridized carbons (Fsp3) is 0.556. The fourth-order valence-corrected chi connectivity index (χ4v) is 5.21. The molecule has 2 fully saturated rings. The van der Waals surface area contributed by atoms with Crippen LogP contribution in [-0.2, 0) is 22.6 Å². The average Bonchev–Trinajstić information content (AvgIpc) is 2.92. The van der Waals surface area contributed by atoms with Gasteiger partial charge in [-0.15, -0.1) is 0 Å². The number of benzene rings is 2. The van der Waals surface area contributed by atoms with Crippen molar-refractivity contribution in [2.45, 2.75) is 80.5 Å². The Morgan fingerprint density at radius 3 is 2.26 bits per heavy atom. The van der Waals surface area contributed by atoms with Crippen molar-refractivity contribution in [2.75, 3.05) is 13.7 Å². The number of methoxy groups -OCH3 is 1. The molecule has 1 saturated heterocycles. The van der Waals surface area contributed by atoms with Crippen molar-refractivity contribution in [3.05, 3.63) is 59.7 Å². The lowest BCUT2D eigenvalue weighted by molar-refractivity contribution is -0.291. The molecule has 0 unspecified atom stereocenters. The van der Waals surface area contributed by atoms with Crippen LogP contribution in [0.15, 0.2) is 48.5 Å². The van der Waals surface area contributed by atoms with Gasteiger partial charge in [0.1, 0.15) is 30.5 Å². The molecule has 4 rings (SSSR count). The Kier molecular flexibility index (Phi) is 9.78. The van der Waals surface area contributed by atoms with Gasteiger partial charge in [-0.3, -0.25) is 4.90 Å². The third-order valence-corrected chi connectivity index (χ3v) is 7.47. The molecular weight excluding hydrogens is 508 g/mol. The van der Waals surface area contributed by atoms with Crippen LogP contribution in [0.25, 0.3) is 0 Å². The first-order chi connectivity index (χ1) is 18.6. The van der Waals surface area contributed by atoms with Gasteiger partial charge in [0.2, 0.25) is 0 Å². The Labute approximate surface area is 227 Å². The molecular formula is C27H40N4O8. The molecule has 2 aromatic carbocycles. The number of hydrogen-bond acceptors (Lipinski definition) is 12. The molecule has 0 radical (unpaired) electrons. The van der Waals surface area contributed by atoms with Crippen LogP contribution in [0.2, 0.25) is 0 Å². The molecule has 1 saturated carbocycles. The summed E-state index contributed by atoms with van der Waals surface area (Å²) in [6, 6.07) is 12.2. The molecule has 0 amide bonds. The normalized spacial score (nSPS) is 35.2. The molecule has 39 heavy (non-hydrogen) atoms. The standard InChI is InChI=1S/C27H40N4O8/c1-37-19-9-15(7-8-18(19)32)12-31(11-14-5-3-2-4-6-14)13-20-23(34)24(35)21(30)27(38-20)39-26-17(29)10-16(28)22(33)25(26)36/h2-9,16-17,20-27,32-36H,10-13,28-30H2,1H3/t16-,17+,20-,21-,22+,23-,24-,25-,26-,27-/m1/s1. The largest absolute Gasteiger partial charge is 0.504 e. The first-order valence-electron chi connectivity index (χ1n) is 13.0. The second-order valence-electron chi connectivity index (χ2n) is 10.4. The van der Waals surface area contributed by atoms with Crippen LogP contribution in [0.4, 0.5) is 0 Å². The minimum Gasteiger partial charge on any atom is -0.504 e. The van der Waals surface area contributed by atoms with Gasteiger partial charge < -0.3 is 56.9 Å². The molecule has 2 aromatic rings. The van der Waals surface area contributed by atoms with Gasteiger partial charge in [-0.25, -0.2) is 0 Å².